The fourth-order valence-corrected chi connectivity index (χ4v) is 2.98. The Bertz CT molecular complexity index is 672. The highest BCUT2D eigenvalue weighted by Crippen LogP contribution is 2.20. The molecule has 0 heterocycles. The zero-order valence-corrected chi connectivity index (χ0v) is 10.8. The summed E-state index contributed by atoms with van der Waals surface area (Å²) < 4.78 is 39.9. The van der Waals surface area contributed by atoms with E-state index in [1.807, 2.05) is 0 Å². The van der Waals surface area contributed by atoms with Gasteiger partial charge in [0.15, 0.2) is 0 Å². The fraction of sp³-hybridized carbons (Fsp3) is 0.0769. The number of nitrogens with two attached hydrogens (primary N) is 1. The number of hydrogen-bond donors (Lipinski definition) is 2. The van der Waals surface area contributed by atoms with Gasteiger partial charge >= 0.3 is 0 Å². The lowest BCUT2D eigenvalue weighted by atomic mass is 10.2. The van der Waals surface area contributed by atoms with Crippen LogP contribution in [0, 0.1) is 5.82 Å². The predicted molar refractivity (Wildman–Crippen MR) is 71.5 cm³/mol. The summed E-state index contributed by atoms with van der Waals surface area (Å²) in [7, 11) is -3.77. The van der Waals surface area contributed by atoms with Crippen LogP contribution in [-0.2, 0) is 16.6 Å². The van der Waals surface area contributed by atoms with Crippen LogP contribution in [0.3, 0.4) is 0 Å². The number of hydrogen-bond acceptors (Lipinski definition) is 3. The van der Waals surface area contributed by atoms with Crippen LogP contribution in [0.2, 0.25) is 0 Å². The molecule has 2 rings (SSSR count). The summed E-state index contributed by atoms with van der Waals surface area (Å²) in [5.74, 6) is -0.515. The van der Waals surface area contributed by atoms with Gasteiger partial charge in [-0.25, -0.2) is 12.8 Å². The number of rotatable bonds is 4. The van der Waals surface area contributed by atoms with Gasteiger partial charge < -0.3 is 5.73 Å². The second kappa shape index (κ2) is 5.38. The Kier molecular flexibility index (Phi) is 3.82. The molecule has 0 radical (unpaired) electrons. The van der Waals surface area contributed by atoms with Crippen molar-refractivity contribution >= 4 is 15.7 Å². The first kappa shape index (κ1) is 13.5. The van der Waals surface area contributed by atoms with Gasteiger partial charge in [0.1, 0.15) is 5.82 Å². The molecule has 0 saturated heterocycles. The van der Waals surface area contributed by atoms with E-state index in [1.165, 1.54) is 6.07 Å². The van der Waals surface area contributed by atoms with Crippen LogP contribution in [0.4, 0.5) is 10.1 Å². The molecule has 4 nitrogen and oxygen atoms in total. The molecule has 100 valence electrons. The van der Waals surface area contributed by atoms with E-state index in [0.29, 0.717) is 5.69 Å². The van der Waals surface area contributed by atoms with Crippen molar-refractivity contribution in [2.75, 3.05) is 4.72 Å². The van der Waals surface area contributed by atoms with Crippen molar-refractivity contribution < 1.29 is 12.8 Å². The molecule has 0 aromatic heterocycles. The maximum Gasteiger partial charge on any atom is 0.262 e. The molecule has 2 aromatic carbocycles. The number of benzene rings is 2. The first-order valence-electron chi connectivity index (χ1n) is 5.59. The molecule has 6 heteroatoms. The summed E-state index contributed by atoms with van der Waals surface area (Å²) in [5.41, 5.74) is 6.13. The van der Waals surface area contributed by atoms with Crippen LogP contribution in [0.5, 0.6) is 0 Å². The Morgan fingerprint density at radius 1 is 1.11 bits per heavy atom. The van der Waals surface area contributed by atoms with Gasteiger partial charge in [-0.1, -0.05) is 18.2 Å². The van der Waals surface area contributed by atoms with Gasteiger partial charge in [-0.05, 0) is 35.9 Å². The molecular weight excluding hydrogens is 267 g/mol. The fourth-order valence-electron chi connectivity index (χ4n) is 1.69. The number of halogens is 1. The molecule has 0 unspecified atom stereocenters. The van der Waals surface area contributed by atoms with E-state index < -0.39 is 15.8 Å². The highest BCUT2D eigenvalue weighted by molar-refractivity contribution is 7.92. The lowest BCUT2D eigenvalue weighted by Crippen LogP contribution is -2.16. The molecule has 0 aliphatic heterocycles. The Hall–Kier alpha value is -1.92. The van der Waals surface area contributed by atoms with Gasteiger partial charge in [0.05, 0.1) is 4.90 Å². The molecule has 0 atom stereocenters. The summed E-state index contributed by atoms with van der Waals surface area (Å²) in [6, 6.07) is 11.9. The standard InChI is InChI=1S/C13H13FN2O2S/c14-11-6-7-13(10(8-11)9-15)19(17,18)16-12-4-2-1-3-5-12/h1-8,16H,9,15H2. The minimum atomic E-state index is -3.77. The lowest BCUT2D eigenvalue weighted by molar-refractivity contribution is 0.597. The largest absolute Gasteiger partial charge is 0.326 e. The molecule has 2 aromatic rings. The SMILES string of the molecule is NCc1cc(F)ccc1S(=O)(=O)Nc1ccccc1. The summed E-state index contributed by atoms with van der Waals surface area (Å²) >= 11 is 0. The van der Waals surface area contributed by atoms with Crippen LogP contribution in [0.25, 0.3) is 0 Å². The second-order valence-electron chi connectivity index (χ2n) is 3.93. The first-order valence-corrected chi connectivity index (χ1v) is 7.07. The van der Waals surface area contributed by atoms with E-state index in [4.69, 9.17) is 5.73 Å². The van der Waals surface area contributed by atoms with Crippen molar-refractivity contribution in [1.82, 2.24) is 0 Å². The van der Waals surface area contributed by atoms with Crippen LogP contribution in [0.1, 0.15) is 5.56 Å². The van der Waals surface area contributed by atoms with Crippen LogP contribution in [0.15, 0.2) is 53.4 Å². The van der Waals surface area contributed by atoms with Gasteiger partial charge in [-0.3, -0.25) is 4.72 Å². The van der Waals surface area contributed by atoms with E-state index >= 15 is 0 Å². The molecular formula is C13H13FN2O2S. The molecule has 0 aliphatic carbocycles. The highest BCUT2D eigenvalue weighted by atomic mass is 32.2. The number of para-hydroxylation sites is 1. The number of nitrogens with one attached hydrogen (secondary N) is 1. The second-order valence-corrected chi connectivity index (χ2v) is 5.58. The third kappa shape index (κ3) is 3.10. The zero-order chi connectivity index (χ0) is 13.9. The monoisotopic (exact) mass is 280 g/mol. The molecule has 0 aliphatic rings. The summed E-state index contributed by atoms with van der Waals surface area (Å²) in [5, 5.41) is 0. The van der Waals surface area contributed by atoms with Gasteiger partial charge in [0, 0.05) is 12.2 Å². The van der Waals surface area contributed by atoms with Crippen molar-refractivity contribution in [2.24, 2.45) is 5.73 Å². The molecule has 19 heavy (non-hydrogen) atoms. The van der Waals surface area contributed by atoms with Gasteiger partial charge in [0.2, 0.25) is 0 Å². The van der Waals surface area contributed by atoms with Gasteiger partial charge in [-0.2, -0.15) is 0 Å². The Morgan fingerprint density at radius 2 is 1.79 bits per heavy atom. The maximum atomic E-state index is 13.1. The molecule has 0 saturated carbocycles. The smallest absolute Gasteiger partial charge is 0.262 e. The minimum Gasteiger partial charge on any atom is -0.326 e. The average Bonchev–Trinajstić information content (AvgIpc) is 2.38. The average molecular weight is 280 g/mol. The zero-order valence-electron chi connectivity index (χ0n) is 10.0. The molecule has 0 bridgehead atoms. The summed E-state index contributed by atoms with van der Waals surface area (Å²) in [6.07, 6.45) is 0. The summed E-state index contributed by atoms with van der Waals surface area (Å²) in [6.45, 7) is -0.0528. The third-order valence-electron chi connectivity index (χ3n) is 2.56. The molecule has 0 amide bonds. The van der Waals surface area contributed by atoms with Crippen molar-refractivity contribution in [3.63, 3.8) is 0 Å². The van der Waals surface area contributed by atoms with Crippen molar-refractivity contribution in [1.29, 1.82) is 0 Å². The van der Waals surface area contributed by atoms with E-state index in [0.717, 1.165) is 12.1 Å². The quantitative estimate of drug-likeness (QED) is 0.900. The Balaban J connectivity index is 2.40. The third-order valence-corrected chi connectivity index (χ3v) is 4.04. The molecule has 3 N–H and O–H groups in total. The maximum absolute atomic E-state index is 13.1. The lowest BCUT2D eigenvalue weighted by Gasteiger charge is -2.11. The highest BCUT2D eigenvalue weighted by Gasteiger charge is 2.18. The van der Waals surface area contributed by atoms with Crippen LogP contribution >= 0.6 is 0 Å². The number of sulfonamides is 1. The number of anilines is 1. The molecule has 0 fully saturated rings. The van der Waals surface area contributed by atoms with Crippen molar-refractivity contribution in [3.05, 3.63) is 59.9 Å². The molecule has 0 spiro atoms. The normalized spacial score (nSPS) is 11.3. The Morgan fingerprint density at radius 3 is 2.42 bits per heavy atom. The van der Waals surface area contributed by atoms with E-state index in [1.54, 1.807) is 30.3 Å². The first-order chi connectivity index (χ1) is 9.03. The predicted octanol–water partition coefficient (Wildman–Crippen LogP) is 2.09. The van der Waals surface area contributed by atoms with Crippen LogP contribution < -0.4 is 10.5 Å². The van der Waals surface area contributed by atoms with Crippen LogP contribution in [-0.4, -0.2) is 8.42 Å². The summed E-state index contributed by atoms with van der Waals surface area (Å²) in [4.78, 5) is -0.0137. The van der Waals surface area contributed by atoms with Crippen molar-refractivity contribution in [3.8, 4) is 0 Å². The van der Waals surface area contributed by atoms with E-state index in [9.17, 15) is 12.8 Å². The van der Waals surface area contributed by atoms with Crippen molar-refractivity contribution in [2.45, 2.75) is 11.4 Å². The van der Waals surface area contributed by atoms with E-state index in [-0.39, 0.29) is 17.0 Å². The van der Waals surface area contributed by atoms with Gasteiger partial charge in [0.25, 0.3) is 10.0 Å². The van der Waals surface area contributed by atoms with E-state index in [2.05, 4.69) is 4.72 Å². The Labute approximate surface area is 111 Å². The minimum absolute atomic E-state index is 0.0137. The van der Waals surface area contributed by atoms with Gasteiger partial charge in [-0.15, -0.1) is 0 Å². The topological polar surface area (TPSA) is 72.2 Å².